The maximum absolute atomic E-state index is 5.45. The van der Waals surface area contributed by atoms with E-state index in [1.165, 1.54) is 0 Å². The molecule has 1 aliphatic heterocycles. The molecule has 0 bridgehead atoms. The Labute approximate surface area is 116 Å². The second-order valence-corrected chi connectivity index (χ2v) is 4.78. The summed E-state index contributed by atoms with van der Waals surface area (Å²) in [4.78, 5) is 6.54. The van der Waals surface area contributed by atoms with Crippen molar-refractivity contribution in [1.82, 2.24) is 10.2 Å². The molecule has 1 rings (SSSR count). The van der Waals surface area contributed by atoms with Gasteiger partial charge in [-0.25, -0.2) is 0 Å². The summed E-state index contributed by atoms with van der Waals surface area (Å²) in [7, 11) is 2.06. The van der Waals surface area contributed by atoms with E-state index in [1.807, 2.05) is 6.92 Å². The van der Waals surface area contributed by atoms with Gasteiger partial charge in [0.15, 0.2) is 5.96 Å². The minimum atomic E-state index is 0. The van der Waals surface area contributed by atoms with Crippen LogP contribution in [0.4, 0.5) is 0 Å². The molecule has 4 nitrogen and oxygen atoms in total. The molecular formula is C11H24IN3O. The third kappa shape index (κ3) is 5.34. The van der Waals surface area contributed by atoms with Gasteiger partial charge in [0, 0.05) is 32.2 Å². The van der Waals surface area contributed by atoms with Crippen LogP contribution in [0.3, 0.4) is 0 Å². The summed E-state index contributed by atoms with van der Waals surface area (Å²) < 4.78 is 5.45. The fourth-order valence-electron chi connectivity index (χ4n) is 1.47. The van der Waals surface area contributed by atoms with Crippen LogP contribution < -0.4 is 5.32 Å². The summed E-state index contributed by atoms with van der Waals surface area (Å²) in [5.74, 6) is 1.01. The second-order valence-electron chi connectivity index (χ2n) is 4.78. The van der Waals surface area contributed by atoms with Crippen LogP contribution >= 0.6 is 24.0 Å². The van der Waals surface area contributed by atoms with Crippen LogP contribution in [0.15, 0.2) is 4.99 Å². The van der Waals surface area contributed by atoms with E-state index in [0.717, 1.165) is 38.8 Å². The van der Waals surface area contributed by atoms with Crippen molar-refractivity contribution in [1.29, 1.82) is 0 Å². The topological polar surface area (TPSA) is 36.9 Å². The van der Waals surface area contributed by atoms with E-state index in [4.69, 9.17) is 4.74 Å². The first kappa shape index (κ1) is 16.0. The fraction of sp³-hybridized carbons (Fsp3) is 0.909. The van der Waals surface area contributed by atoms with Crippen molar-refractivity contribution in [2.75, 3.05) is 39.9 Å². The minimum absolute atomic E-state index is 0. The first-order valence-electron chi connectivity index (χ1n) is 5.62. The minimum Gasteiger partial charge on any atom is -0.381 e. The summed E-state index contributed by atoms with van der Waals surface area (Å²) >= 11 is 0. The molecular weight excluding hydrogens is 317 g/mol. The van der Waals surface area contributed by atoms with Crippen molar-refractivity contribution in [2.45, 2.75) is 20.8 Å². The summed E-state index contributed by atoms with van der Waals surface area (Å²) in [5, 5.41) is 3.38. The van der Waals surface area contributed by atoms with Gasteiger partial charge in [-0.1, -0.05) is 13.8 Å². The molecule has 0 unspecified atom stereocenters. The number of aliphatic imine (C=N–C) groups is 1. The molecule has 0 amide bonds. The maximum Gasteiger partial charge on any atom is 0.193 e. The highest BCUT2D eigenvalue weighted by molar-refractivity contribution is 14.0. The lowest BCUT2D eigenvalue weighted by Crippen LogP contribution is -2.42. The maximum atomic E-state index is 5.45. The van der Waals surface area contributed by atoms with Crippen molar-refractivity contribution in [3.05, 3.63) is 0 Å². The van der Waals surface area contributed by atoms with Crippen molar-refractivity contribution >= 4 is 29.9 Å². The van der Waals surface area contributed by atoms with Gasteiger partial charge in [0.25, 0.3) is 0 Å². The quantitative estimate of drug-likeness (QED) is 0.771. The zero-order valence-corrected chi connectivity index (χ0v) is 13.1. The number of likely N-dealkylation sites (N-methyl/N-ethyl adjacent to an activating group) is 1. The number of hydrogen-bond acceptors (Lipinski definition) is 4. The van der Waals surface area contributed by atoms with Crippen LogP contribution in [-0.2, 0) is 4.74 Å². The van der Waals surface area contributed by atoms with Gasteiger partial charge in [-0.3, -0.25) is 4.99 Å². The molecule has 0 aromatic carbocycles. The zero-order chi connectivity index (χ0) is 11.3. The van der Waals surface area contributed by atoms with E-state index < -0.39 is 0 Å². The van der Waals surface area contributed by atoms with Gasteiger partial charge in [-0.2, -0.15) is 0 Å². The molecule has 0 radical (unpaired) electrons. The number of rotatable bonds is 5. The molecule has 0 atom stereocenters. The molecule has 0 aliphatic carbocycles. The molecule has 0 fully saturated rings. The predicted octanol–water partition coefficient (Wildman–Crippen LogP) is 1.56. The number of halogens is 1. The highest BCUT2D eigenvalue weighted by Crippen LogP contribution is 2.14. The summed E-state index contributed by atoms with van der Waals surface area (Å²) in [6, 6.07) is 0. The van der Waals surface area contributed by atoms with Crippen molar-refractivity contribution in [2.24, 2.45) is 10.4 Å². The van der Waals surface area contributed by atoms with Crippen LogP contribution in [0.5, 0.6) is 0 Å². The van der Waals surface area contributed by atoms with Gasteiger partial charge in [-0.15, -0.1) is 24.0 Å². The standard InChI is InChI=1S/C11H23N3O.HI/c1-5-15-9-11(2,3)8-13-10-12-6-7-14(10)4;/h5-9H2,1-4H3,(H,12,13);1H. The third-order valence-electron chi connectivity index (χ3n) is 2.48. The Morgan fingerprint density at radius 3 is 2.69 bits per heavy atom. The number of guanidine groups is 1. The van der Waals surface area contributed by atoms with Crippen molar-refractivity contribution in [3.8, 4) is 0 Å². The number of nitrogens with zero attached hydrogens (tertiary/aromatic N) is 2. The SMILES string of the molecule is CCOCC(C)(C)CNC1=NCCN1C.I. The smallest absolute Gasteiger partial charge is 0.193 e. The van der Waals surface area contributed by atoms with Gasteiger partial charge in [0.2, 0.25) is 0 Å². The van der Waals surface area contributed by atoms with Crippen LogP contribution in [0.25, 0.3) is 0 Å². The lowest BCUT2D eigenvalue weighted by atomic mass is 9.95. The van der Waals surface area contributed by atoms with Crippen LogP contribution in [0.2, 0.25) is 0 Å². The van der Waals surface area contributed by atoms with Gasteiger partial charge in [0.1, 0.15) is 0 Å². The Morgan fingerprint density at radius 2 is 2.19 bits per heavy atom. The monoisotopic (exact) mass is 341 g/mol. The van der Waals surface area contributed by atoms with E-state index in [-0.39, 0.29) is 29.4 Å². The molecule has 1 heterocycles. The molecule has 1 N–H and O–H groups in total. The first-order chi connectivity index (χ1) is 7.05. The number of ether oxygens (including phenoxy) is 1. The predicted molar refractivity (Wildman–Crippen MR) is 78.6 cm³/mol. The Morgan fingerprint density at radius 1 is 1.50 bits per heavy atom. The summed E-state index contributed by atoms with van der Waals surface area (Å²) in [5.41, 5.74) is 0.155. The molecule has 0 aromatic heterocycles. The lowest BCUT2D eigenvalue weighted by Gasteiger charge is -2.26. The van der Waals surface area contributed by atoms with E-state index >= 15 is 0 Å². The van der Waals surface area contributed by atoms with Crippen LogP contribution in [0, 0.1) is 5.41 Å². The highest BCUT2D eigenvalue weighted by atomic mass is 127. The van der Waals surface area contributed by atoms with Gasteiger partial charge in [0.05, 0.1) is 13.2 Å². The van der Waals surface area contributed by atoms with E-state index in [1.54, 1.807) is 0 Å². The molecule has 1 aliphatic rings. The van der Waals surface area contributed by atoms with Crippen molar-refractivity contribution < 1.29 is 4.74 Å². The molecule has 16 heavy (non-hydrogen) atoms. The molecule has 0 spiro atoms. The van der Waals surface area contributed by atoms with E-state index in [2.05, 4.69) is 36.1 Å². The number of hydrogen-bond donors (Lipinski definition) is 1. The number of nitrogens with one attached hydrogen (secondary N) is 1. The fourth-order valence-corrected chi connectivity index (χ4v) is 1.47. The zero-order valence-electron chi connectivity index (χ0n) is 10.7. The Bertz CT molecular complexity index is 231. The Balaban J connectivity index is 0.00000225. The normalized spacial score (nSPS) is 15.8. The van der Waals surface area contributed by atoms with E-state index in [9.17, 15) is 0 Å². The summed E-state index contributed by atoms with van der Waals surface area (Å²) in [6.07, 6.45) is 0. The van der Waals surface area contributed by atoms with Crippen LogP contribution in [-0.4, -0.2) is 50.8 Å². The molecule has 0 saturated heterocycles. The largest absolute Gasteiger partial charge is 0.381 e. The third-order valence-corrected chi connectivity index (χ3v) is 2.48. The van der Waals surface area contributed by atoms with Crippen molar-refractivity contribution in [3.63, 3.8) is 0 Å². The Hall–Kier alpha value is -0.0400. The van der Waals surface area contributed by atoms with Gasteiger partial charge < -0.3 is 15.0 Å². The van der Waals surface area contributed by atoms with Crippen LogP contribution in [0.1, 0.15) is 20.8 Å². The summed E-state index contributed by atoms with van der Waals surface area (Å²) in [6.45, 7) is 10.8. The Kier molecular flexibility index (Phi) is 7.30. The molecule has 96 valence electrons. The lowest BCUT2D eigenvalue weighted by molar-refractivity contribution is 0.0727. The average molecular weight is 341 g/mol. The first-order valence-corrected chi connectivity index (χ1v) is 5.62. The molecule has 0 aromatic rings. The van der Waals surface area contributed by atoms with Gasteiger partial charge in [-0.05, 0) is 6.92 Å². The van der Waals surface area contributed by atoms with E-state index in [0.29, 0.717) is 0 Å². The molecule has 5 heteroatoms. The molecule has 0 saturated carbocycles. The highest BCUT2D eigenvalue weighted by Gasteiger charge is 2.20. The second kappa shape index (κ2) is 7.32. The van der Waals surface area contributed by atoms with Gasteiger partial charge >= 0.3 is 0 Å². The average Bonchev–Trinajstić information content (AvgIpc) is 2.58.